The summed E-state index contributed by atoms with van der Waals surface area (Å²) in [4.78, 5) is 22.0. The number of nitrogens with one attached hydrogen (secondary N) is 2. The van der Waals surface area contributed by atoms with Crippen LogP contribution in [0.4, 0.5) is 5.82 Å². The number of aromatic nitrogens is 2. The van der Waals surface area contributed by atoms with Crippen molar-refractivity contribution in [1.29, 1.82) is 0 Å². The molecule has 1 atom stereocenters. The van der Waals surface area contributed by atoms with Crippen LogP contribution in [0.1, 0.15) is 22.2 Å². The lowest BCUT2D eigenvalue weighted by molar-refractivity contribution is 0.0934. The van der Waals surface area contributed by atoms with Crippen molar-refractivity contribution in [1.82, 2.24) is 15.3 Å². The molecule has 0 bridgehead atoms. The first-order valence-corrected chi connectivity index (χ1v) is 8.09. The van der Waals surface area contributed by atoms with Gasteiger partial charge in [-0.05, 0) is 23.6 Å². The smallest absolute Gasteiger partial charge is 0.256 e. The lowest BCUT2D eigenvalue weighted by atomic mass is 10.2. The number of carbonyl (C=O) groups excluding carboxylic acids is 1. The molecule has 1 aliphatic rings. The number of fused-ring (bicyclic) bond motifs is 1. The summed E-state index contributed by atoms with van der Waals surface area (Å²) in [6.45, 7) is 0. The number of carbonyl (C=O) groups is 1. The Morgan fingerprint density at radius 1 is 1.14 bits per heavy atom. The largest absolute Gasteiger partial charge is 0.344 e. The monoisotopic (exact) mass is 314 g/mol. The van der Waals surface area contributed by atoms with E-state index in [0.717, 1.165) is 15.6 Å². The summed E-state index contributed by atoms with van der Waals surface area (Å²) in [7, 11) is 0. The number of amides is 1. The van der Waals surface area contributed by atoms with Crippen LogP contribution in [0.2, 0.25) is 0 Å². The number of anilines is 1. The molecule has 0 saturated heterocycles. The Morgan fingerprint density at radius 2 is 2.10 bits per heavy atom. The van der Waals surface area contributed by atoms with Crippen LogP contribution >= 0.6 is 22.7 Å². The molecule has 7 heteroatoms. The Kier molecular flexibility index (Phi) is 2.94. The van der Waals surface area contributed by atoms with E-state index in [9.17, 15) is 4.79 Å². The van der Waals surface area contributed by atoms with E-state index < -0.39 is 0 Å². The first-order chi connectivity index (χ1) is 10.3. The zero-order valence-electron chi connectivity index (χ0n) is 10.7. The van der Waals surface area contributed by atoms with E-state index in [-0.39, 0.29) is 12.1 Å². The van der Waals surface area contributed by atoms with Crippen LogP contribution in [0.15, 0.2) is 41.2 Å². The topological polar surface area (TPSA) is 66.9 Å². The SMILES string of the molecule is O=C1NC(c2csc(-c3cccs3)n2)Nc2ncccc21. The quantitative estimate of drug-likeness (QED) is 0.762. The second-order valence-electron chi connectivity index (χ2n) is 4.51. The fourth-order valence-electron chi connectivity index (χ4n) is 2.17. The molecule has 1 amide bonds. The van der Waals surface area contributed by atoms with Crippen molar-refractivity contribution in [3.8, 4) is 9.88 Å². The summed E-state index contributed by atoms with van der Waals surface area (Å²) in [5, 5.41) is 11.1. The summed E-state index contributed by atoms with van der Waals surface area (Å²) >= 11 is 3.22. The van der Waals surface area contributed by atoms with Crippen LogP contribution in [0.5, 0.6) is 0 Å². The summed E-state index contributed by atoms with van der Waals surface area (Å²) < 4.78 is 0. The van der Waals surface area contributed by atoms with Gasteiger partial charge in [-0.1, -0.05) is 6.07 Å². The molecule has 21 heavy (non-hydrogen) atoms. The number of rotatable bonds is 2. The Bertz CT molecular complexity index is 797. The minimum atomic E-state index is -0.343. The van der Waals surface area contributed by atoms with Crippen LogP contribution in [0.25, 0.3) is 9.88 Å². The second kappa shape index (κ2) is 4.94. The molecule has 0 fully saturated rings. The van der Waals surface area contributed by atoms with Gasteiger partial charge in [0.15, 0.2) is 0 Å². The summed E-state index contributed by atoms with van der Waals surface area (Å²) in [6.07, 6.45) is 1.32. The van der Waals surface area contributed by atoms with E-state index in [2.05, 4.69) is 20.6 Å². The van der Waals surface area contributed by atoms with E-state index in [0.29, 0.717) is 11.4 Å². The van der Waals surface area contributed by atoms with E-state index in [1.165, 1.54) is 0 Å². The van der Waals surface area contributed by atoms with Gasteiger partial charge < -0.3 is 10.6 Å². The van der Waals surface area contributed by atoms with Crippen LogP contribution in [-0.2, 0) is 0 Å². The van der Waals surface area contributed by atoms with Gasteiger partial charge in [-0.3, -0.25) is 4.79 Å². The molecule has 104 valence electrons. The van der Waals surface area contributed by atoms with E-state index >= 15 is 0 Å². The number of pyridine rings is 1. The number of hydrogen-bond donors (Lipinski definition) is 2. The maximum absolute atomic E-state index is 12.1. The average molecular weight is 314 g/mol. The molecule has 3 aromatic heterocycles. The Hall–Kier alpha value is -2.25. The maximum atomic E-state index is 12.1. The molecule has 0 saturated carbocycles. The van der Waals surface area contributed by atoms with Gasteiger partial charge >= 0.3 is 0 Å². The molecule has 0 spiro atoms. The predicted octanol–water partition coefficient (Wildman–Crippen LogP) is 3.12. The predicted molar refractivity (Wildman–Crippen MR) is 83.5 cm³/mol. The summed E-state index contributed by atoms with van der Waals surface area (Å²) in [6, 6.07) is 7.54. The normalized spacial score (nSPS) is 17.0. The fraction of sp³-hybridized carbons (Fsp3) is 0.0714. The molecule has 4 heterocycles. The Labute approximate surface area is 128 Å². The molecule has 0 aromatic carbocycles. The molecule has 3 aromatic rings. The highest BCUT2D eigenvalue weighted by atomic mass is 32.1. The number of hydrogen-bond acceptors (Lipinski definition) is 6. The van der Waals surface area contributed by atoms with Crippen LogP contribution in [0.3, 0.4) is 0 Å². The molecular weight excluding hydrogens is 304 g/mol. The van der Waals surface area contributed by atoms with E-state index in [1.54, 1.807) is 41.0 Å². The zero-order valence-corrected chi connectivity index (χ0v) is 12.4. The highest BCUT2D eigenvalue weighted by Gasteiger charge is 2.26. The summed E-state index contributed by atoms with van der Waals surface area (Å²) in [5.41, 5.74) is 1.36. The van der Waals surface area contributed by atoms with Gasteiger partial charge in [-0.2, -0.15) is 0 Å². The second-order valence-corrected chi connectivity index (χ2v) is 6.31. The first-order valence-electron chi connectivity index (χ1n) is 6.33. The van der Waals surface area contributed by atoms with Crippen molar-refractivity contribution < 1.29 is 4.79 Å². The third-order valence-electron chi connectivity index (χ3n) is 3.16. The van der Waals surface area contributed by atoms with Crippen molar-refractivity contribution in [2.24, 2.45) is 0 Å². The van der Waals surface area contributed by atoms with Gasteiger partial charge in [0, 0.05) is 11.6 Å². The molecule has 1 unspecified atom stereocenters. The van der Waals surface area contributed by atoms with Crippen LogP contribution in [0, 0.1) is 0 Å². The van der Waals surface area contributed by atoms with Gasteiger partial charge in [-0.25, -0.2) is 9.97 Å². The lowest BCUT2D eigenvalue weighted by Gasteiger charge is -2.25. The molecule has 1 aliphatic heterocycles. The average Bonchev–Trinajstić information content (AvgIpc) is 3.18. The van der Waals surface area contributed by atoms with Crippen molar-refractivity contribution in [3.05, 3.63) is 52.5 Å². The minimum absolute atomic E-state index is 0.132. The standard InChI is InChI=1S/C14H10N4OS2/c19-13-8-3-1-5-15-11(8)17-12(18-13)9-7-21-14(16-9)10-4-2-6-20-10/h1-7,12H,(H,15,17)(H,18,19). The third kappa shape index (κ3) is 2.20. The van der Waals surface area contributed by atoms with Crippen molar-refractivity contribution in [2.75, 3.05) is 5.32 Å². The molecule has 0 aliphatic carbocycles. The van der Waals surface area contributed by atoms with Gasteiger partial charge in [-0.15, -0.1) is 22.7 Å². The van der Waals surface area contributed by atoms with Gasteiger partial charge in [0.2, 0.25) is 0 Å². The Balaban J connectivity index is 1.65. The Morgan fingerprint density at radius 3 is 2.95 bits per heavy atom. The maximum Gasteiger partial charge on any atom is 0.256 e. The van der Waals surface area contributed by atoms with Gasteiger partial charge in [0.25, 0.3) is 5.91 Å². The van der Waals surface area contributed by atoms with Crippen LogP contribution in [-0.4, -0.2) is 15.9 Å². The van der Waals surface area contributed by atoms with Gasteiger partial charge in [0.1, 0.15) is 17.0 Å². The summed E-state index contributed by atoms with van der Waals surface area (Å²) in [5.74, 6) is 0.462. The van der Waals surface area contributed by atoms with Gasteiger partial charge in [0.05, 0.1) is 16.1 Å². The first kappa shape index (κ1) is 12.5. The van der Waals surface area contributed by atoms with Crippen molar-refractivity contribution in [3.63, 3.8) is 0 Å². The van der Waals surface area contributed by atoms with E-state index in [1.807, 2.05) is 22.9 Å². The number of thiazole rings is 1. The molecule has 0 radical (unpaired) electrons. The zero-order chi connectivity index (χ0) is 14.2. The van der Waals surface area contributed by atoms with Crippen molar-refractivity contribution in [2.45, 2.75) is 6.17 Å². The lowest BCUT2D eigenvalue weighted by Crippen LogP contribution is -2.39. The minimum Gasteiger partial charge on any atom is -0.344 e. The highest BCUT2D eigenvalue weighted by molar-refractivity contribution is 7.20. The third-order valence-corrected chi connectivity index (χ3v) is 5.06. The van der Waals surface area contributed by atoms with Crippen LogP contribution < -0.4 is 10.6 Å². The molecule has 2 N–H and O–H groups in total. The fourth-order valence-corrected chi connectivity index (χ4v) is 3.82. The number of thiophene rings is 1. The molecule has 4 rings (SSSR count). The van der Waals surface area contributed by atoms with E-state index in [4.69, 9.17) is 0 Å². The highest BCUT2D eigenvalue weighted by Crippen LogP contribution is 2.31. The number of nitrogens with zero attached hydrogens (tertiary/aromatic N) is 2. The molecular formula is C14H10N4OS2. The molecule has 5 nitrogen and oxygen atoms in total. The van der Waals surface area contributed by atoms with Crippen molar-refractivity contribution >= 4 is 34.4 Å².